The van der Waals surface area contributed by atoms with E-state index in [0.29, 0.717) is 0 Å². The lowest BCUT2D eigenvalue weighted by Gasteiger charge is -2.35. The zero-order valence-corrected chi connectivity index (χ0v) is 12.5. The molecule has 1 saturated heterocycles. The number of benzene rings is 1. The molecule has 2 heterocycles. The molecule has 2 aliphatic heterocycles. The van der Waals surface area contributed by atoms with Gasteiger partial charge in [-0.3, -0.25) is 0 Å². The molecule has 0 radical (unpaired) electrons. The van der Waals surface area contributed by atoms with Gasteiger partial charge in [0.15, 0.2) is 0 Å². The van der Waals surface area contributed by atoms with Gasteiger partial charge in [-0.1, -0.05) is 12.1 Å². The maximum atomic E-state index is 3.67. The highest BCUT2D eigenvalue weighted by molar-refractivity contribution is 5.56. The Balaban J connectivity index is 1.79. The van der Waals surface area contributed by atoms with Crippen molar-refractivity contribution < 1.29 is 0 Å². The van der Waals surface area contributed by atoms with Crippen molar-refractivity contribution >= 4 is 5.69 Å². The highest BCUT2D eigenvalue weighted by atomic mass is 15.1. The van der Waals surface area contributed by atoms with Gasteiger partial charge in [0.2, 0.25) is 0 Å². The molecule has 1 N–H and O–H groups in total. The molecule has 1 aromatic carbocycles. The fourth-order valence-electron chi connectivity index (χ4n) is 3.41. The number of fused-ring (bicyclic) bond motifs is 1. The second-order valence-electron chi connectivity index (χ2n) is 7.00. The predicted molar refractivity (Wildman–Crippen MR) is 81.9 cm³/mol. The Kier molecular flexibility index (Phi) is 3.30. The largest absolute Gasteiger partial charge is 0.380 e. The van der Waals surface area contributed by atoms with Crippen LogP contribution in [0.5, 0.6) is 0 Å². The first-order valence-electron chi connectivity index (χ1n) is 7.63. The molecule has 0 bridgehead atoms. The topological polar surface area (TPSA) is 15.3 Å². The van der Waals surface area contributed by atoms with E-state index < -0.39 is 0 Å². The number of hydrogen-bond acceptors (Lipinski definition) is 2. The molecule has 1 fully saturated rings. The van der Waals surface area contributed by atoms with Gasteiger partial charge in [-0.15, -0.1) is 0 Å². The summed E-state index contributed by atoms with van der Waals surface area (Å²) in [5.41, 5.74) is 4.69. The lowest BCUT2D eigenvalue weighted by atomic mass is 9.84. The van der Waals surface area contributed by atoms with Crippen LogP contribution in [0, 0.1) is 0 Å². The fraction of sp³-hybridized carbons (Fsp3) is 0.647. The van der Waals surface area contributed by atoms with Crippen LogP contribution in [0.25, 0.3) is 0 Å². The van der Waals surface area contributed by atoms with E-state index in [2.05, 4.69) is 49.3 Å². The van der Waals surface area contributed by atoms with Crippen molar-refractivity contribution in [1.82, 2.24) is 4.90 Å². The molecule has 0 spiro atoms. The molecule has 2 nitrogen and oxygen atoms in total. The molecule has 3 rings (SSSR count). The number of nitrogens with one attached hydrogen (secondary N) is 1. The summed E-state index contributed by atoms with van der Waals surface area (Å²) in [6.45, 7) is 7.07. The van der Waals surface area contributed by atoms with Crippen molar-refractivity contribution in [1.29, 1.82) is 0 Å². The number of anilines is 1. The molecule has 104 valence electrons. The van der Waals surface area contributed by atoms with Crippen molar-refractivity contribution in [3.05, 3.63) is 29.3 Å². The van der Waals surface area contributed by atoms with Crippen LogP contribution in [0.4, 0.5) is 5.69 Å². The van der Waals surface area contributed by atoms with Crippen molar-refractivity contribution in [2.24, 2.45) is 0 Å². The Labute approximate surface area is 117 Å². The SMILES string of the molecule is CN1CCC(c2ccc3c(c2)CCC(C)(C)N3)CC1. The summed E-state index contributed by atoms with van der Waals surface area (Å²) in [6, 6.07) is 7.13. The minimum absolute atomic E-state index is 0.252. The second kappa shape index (κ2) is 4.82. The predicted octanol–water partition coefficient (Wildman–Crippen LogP) is 3.63. The maximum Gasteiger partial charge on any atom is 0.0377 e. The maximum absolute atomic E-state index is 3.67. The second-order valence-corrected chi connectivity index (χ2v) is 7.00. The summed E-state index contributed by atoms with van der Waals surface area (Å²) < 4.78 is 0. The third-order valence-electron chi connectivity index (χ3n) is 4.81. The fourth-order valence-corrected chi connectivity index (χ4v) is 3.41. The van der Waals surface area contributed by atoms with Crippen LogP contribution in [0.3, 0.4) is 0 Å². The molecule has 0 amide bonds. The monoisotopic (exact) mass is 258 g/mol. The smallest absolute Gasteiger partial charge is 0.0377 e. The molecular weight excluding hydrogens is 232 g/mol. The summed E-state index contributed by atoms with van der Waals surface area (Å²) in [5, 5.41) is 3.67. The van der Waals surface area contributed by atoms with E-state index in [-0.39, 0.29) is 5.54 Å². The van der Waals surface area contributed by atoms with Crippen LogP contribution in [0.2, 0.25) is 0 Å². The van der Waals surface area contributed by atoms with Gasteiger partial charge in [0, 0.05) is 11.2 Å². The van der Waals surface area contributed by atoms with Gasteiger partial charge >= 0.3 is 0 Å². The number of piperidine rings is 1. The van der Waals surface area contributed by atoms with Gasteiger partial charge in [-0.25, -0.2) is 0 Å². The molecule has 2 heteroatoms. The first kappa shape index (κ1) is 13.0. The molecule has 0 saturated carbocycles. The van der Waals surface area contributed by atoms with E-state index in [1.165, 1.54) is 50.0 Å². The Morgan fingerprint density at radius 3 is 2.68 bits per heavy atom. The van der Waals surface area contributed by atoms with Gasteiger partial charge in [-0.05, 0) is 82.8 Å². The Morgan fingerprint density at radius 2 is 1.95 bits per heavy atom. The van der Waals surface area contributed by atoms with Crippen molar-refractivity contribution in [2.45, 2.75) is 51.0 Å². The van der Waals surface area contributed by atoms with E-state index in [4.69, 9.17) is 0 Å². The van der Waals surface area contributed by atoms with Crippen LogP contribution in [0.1, 0.15) is 50.2 Å². The number of aryl methyl sites for hydroxylation is 1. The zero-order chi connectivity index (χ0) is 13.5. The Bertz CT molecular complexity index is 456. The summed E-state index contributed by atoms with van der Waals surface area (Å²) in [7, 11) is 2.23. The molecule has 0 aliphatic carbocycles. The summed E-state index contributed by atoms with van der Waals surface area (Å²) in [6.07, 6.45) is 5.08. The summed E-state index contributed by atoms with van der Waals surface area (Å²) in [5.74, 6) is 0.774. The molecular formula is C17H26N2. The zero-order valence-electron chi connectivity index (χ0n) is 12.5. The molecule has 2 aliphatic rings. The van der Waals surface area contributed by atoms with Crippen molar-refractivity contribution in [2.75, 3.05) is 25.5 Å². The highest BCUT2D eigenvalue weighted by Crippen LogP contribution is 2.35. The average molecular weight is 258 g/mol. The molecule has 19 heavy (non-hydrogen) atoms. The number of nitrogens with zero attached hydrogens (tertiary/aromatic N) is 1. The Morgan fingerprint density at radius 1 is 1.21 bits per heavy atom. The van der Waals surface area contributed by atoms with Crippen LogP contribution < -0.4 is 5.32 Å². The number of likely N-dealkylation sites (tertiary alicyclic amines) is 1. The van der Waals surface area contributed by atoms with Crippen LogP contribution in [-0.2, 0) is 6.42 Å². The van der Waals surface area contributed by atoms with Gasteiger partial charge in [0.1, 0.15) is 0 Å². The van der Waals surface area contributed by atoms with E-state index in [0.717, 1.165) is 5.92 Å². The molecule has 0 atom stereocenters. The summed E-state index contributed by atoms with van der Waals surface area (Å²) >= 11 is 0. The normalized spacial score (nSPS) is 23.7. The van der Waals surface area contributed by atoms with E-state index in [9.17, 15) is 0 Å². The van der Waals surface area contributed by atoms with Crippen LogP contribution >= 0.6 is 0 Å². The van der Waals surface area contributed by atoms with E-state index in [1.54, 1.807) is 5.56 Å². The first-order valence-corrected chi connectivity index (χ1v) is 7.63. The standard InChI is InChI=1S/C17H26N2/c1-17(2)9-6-15-12-14(4-5-16(15)18-17)13-7-10-19(3)11-8-13/h4-5,12-13,18H,6-11H2,1-3H3. The number of hydrogen-bond donors (Lipinski definition) is 1. The molecule has 0 unspecified atom stereocenters. The molecule has 0 aromatic heterocycles. The van der Waals surface area contributed by atoms with Gasteiger partial charge in [0.25, 0.3) is 0 Å². The average Bonchev–Trinajstić information content (AvgIpc) is 2.38. The van der Waals surface area contributed by atoms with Crippen LogP contribution in [-0.4, -0.2) is 30.6 Å². The number of rotatable bonds is 1. The lowest BCUT2D eigenvalue weighted by molar-refractivity contribution is 0.255. The van der Waals surface area contributed by atoms with E-state index in [1.807, 2.05) is 0 Å². The van der Waals surface area contributed by atoms with Crippen molar-refractivity contribution in [3.8, 4) is 0 Å². The molecule has 1 aromatic rings. The van der Waals surface area contributed by atoms with E-state index >= 15 is 0 Å². The van der Waals surface area contributed by atoms with Gasteiger partial charge in [0.05, 0.1) is 0 Å². The van der Waals surface area contributed by atoms with Gasteiger partial charge in [-0.2, -0.15) is 0 Å². The van der Waals surface area contributed by atoms with Crippen LogP contribution in [0.15, 0.2) is 18.2 Å². The Hall–Kier alpha value is -1.02. The third-order valence-corrected chi connectivity index (χ3v) is 4.81. The van der Waals surface area contributed by atoms with Crippen molar-refractivity contribution in [3.63, 3.8) is 0 Å². The third kappa shape index (κ3) is 2.79. The minimum Gasteiger partial charge on any atom is -0.380 e. The van der Waals surface area contributed by atoms with Gasteiger partial charge < -0.3 is 10.2 Å². The summed E-state index contributed by atoms with van der Waals surface area (Å²) in [4.78, 5) is 2.44. The highest BCUT2D eigenvalue weighted by Gasteiger charge is 2.25. The quantitative estimate of drug-likeness (QED) is 0.827. The minimum atomic E-state index is 0.252. The lowest BCUT2D eigenvalue weighted by Crippen LogP contribution is -2.35. The first-order chi connectivity index (χ1) is 9.03.